The molecule has 138 valence electrons. The van der Waals surface area contributed by atoms with Crippen LogP contribution in [-0.4, -0.2) is 71.9 Å². The lowest BCUT2D eigenvalue weighted by Gasteiger charge is -2.19. The first-order chi connectivity index (χ1) is 11.9. The molecule has 0 radical (unpaired) electrons. The normalized spacial score (nSPS) is 15.9. The number of aryl methyl sites for hydroxylation is 1. The number of nitrogens with zero attached hydrogens (tertiary/aromatic N) is 4. The molecule has 0 aromatic carbocycles. The van der Waals surface area contributed by atoms with Gasteiger partial charge in [0.25, 0.3) is 5.91 Å². The summed E-state index contributed by atoms with van der Waals surface area (Å²) < 4.78 is 6.62. The lowest BCUT2D eigenvalue weighted by molar-refractivity contribution is 0.0725. The van der Waals surface area contributed by atoms with E-state index in [9.17, 15) is 9.59 Å². The molecule has 0 spiro atoms. The summed E-state index contributed by atoms with van der Waals surface area (Å²) in [5.41, 5.74) is 2.44. The van der Waals surface area contributed by atoms with Crippen molar-refractivity contribution in [3.8, 4) is 0 Å². The minimum atomic E-state index is -0.156. The molecular weight excluding hydrogens is 339 g/mol. The average Bonchev–Trinajstić information content (AvgIpc) is 2.80. The van der Waals surface area contributed by atoms with E-state index in [1.807, 2.05) is 25.2 Å². The summed E-state index contributed by atoms with van der Waals surface area (Å²) in [7, 11) is 9.69. The Morgan fingerprint density at radius 3 is 2.72 bits per heavy atom. The number of rotatable bonds is 6. The molecule has 0 saturated carbocycles. The van der Waals surface area contributed by atoms with Crippen molar-refractivity contribution in [2.75, 3.05) is 40.6 Å². The number of ketones is 1. The van der Waals surface area contributed by atoms with Crippen molar-refractivity contribution in [1.29, 1.82) is 0 Å². The first-order valence-electron chi connectivity index (χ1n) is 8.36. The fraction of sp³-hybridized carbons (Fsp3) is 0.588. The fourth-order valence-corrected chi connectivity index (χ4v) is 3.39. The smallest absolute Gasteiger partial charge is 0.275 e. The summed E-state index contributed by atoms with van der Waals surface area (Å²) in [6.07, 6.45) is 4.56. The van der Waals surface area contributed by atoms with Gasteiger partial charge in [0, 0.05) is 58.4 Å². The third-order valence-corrected chi connectivity index (χ3v) is 4.66. The molecule has 1 heterocycles. The molecule has 1 aromatic rings. The molecule has 1 atom stereocenters. The number of methoxy groups -OCH3 is 1. The van der Waals surface area contributed by atoms with Gasteiger partial charge in [-0.3, -0.25) is 14.3 Å². The van der Waals surface area contributed by atoms with Gasteiger partial charge in [-0.1, -0.05) is 0 Å². The number of Topliss-reactive ketones (excluding diaryl/α,β-unsaturated/α-hetero) is 1. The maximum absolute atomic E-state index is 12.9. The Morgan fingerprint density at radius 1 is 1.40 bits per heavy atom. The Kier molecular flexibility index (Phi) is 6.73. The number of aromatic nitrogens is 2. The number of hydrogen-bond acceptors (Lipinski definition) is 5. The molecule has 0 saturated heterocycles. The predicted molar refractivity (Wildman–Crippen MR) is 99.7 cm³/mol. The molecule has 0 fully saturated rings. The zero-order valence-corrected chi connectivity index (χ0v) is 16.6. The summed E-state index contributed by atoms with van der Waals surface area (Å²) in [5, 5.41) is 4.39. The van der Waals surface area contributed by atoms with Gasteiger partial charge in [0.15, 0.2) is 5.69 Å². The third kappa shape index (κ3) is 4.28. The van der Waals surface area contributed by atoms with Crippen LogP contribution in [0.25, 0.3) is 0 Å². The van der Waals surface area contributed by atoms with Gasteiger partial charge in [-0.05, 0) is 19.3 Å². The maximum atomic E-state index is 12.9. The molecule has 7 nitrogen and oxygen atoms in total. The molecule has 1 amide bonds. The minimum Gasteiger partial charge on any atom is -0.383 e. The van der Waals surface area contributed by atoms with Crippen molar-refractivity contribution in [2.24, 2.45) is 7.05 Å². The Bertz CT molecular complexity index is 682. The van der Waals surface area contributed by atoms with Crippen LogP contribution in [0.1, 0.15) is 39.4 Å². The fourth-order valence-electron chi connectivity index (χ4n) is 3.04. The second-order valence-corrected chi connectivity index (χ2v) is 6.71. The molecular formula is C17H27N4O3P. The van der Waals surface area contributed by atoms with Gasteiger partial charge in [0.1, 0.15) is 5.69 Å². The van der Waals surface area contributed by atoms with Crippen LogP contribution in [0.5, 0.6) is 0 Å². The van der Waals surface area contributed by atoms with E-state index in [1.54, 1.807) is 23.7 Å². The summed E-state index contributed by atoms with van der Waals surface area (Å²) >= 11 is 0. The van der Waals surface area contributed by atoms with E-state index in [0.717, 1.165) is 17.6 Å². The standard InChI is InChI=1S/C17H27N4O3P/c1-19(2)10-12-6-5-7-13-14(18-20(3)15(13)16(12)22)17(23)21(11-25)8-9-24-4/h10H,5-9,11,25H2,1-4H3/b12-10+. The summed E-state index contributed by atoms with van der Waals surface area (Å²) in [6.45, 7) is 0.952. The lowest BCUT2D eigenvalue weighted by Crippen LogP contribution is -2.33. The zero-order valence-electron chi connectivity index (χ0n) is 15.4. The Hall–Kier alpha value is -1.72. The van der Waals surface area contributed by atoms with Crippen LogP contribution in [-0.2, 0) is 18.2 Å². The highest BCUT2D eigenvalue weighted by molar-refractivity contribution is 7.16. The van der Waals surface area contributed by atoms with Crippen molar-refractivity contribution in [3.63, 3.8) is 0 Å². The zero-order chi connectivity index (χ0) is 18.6. The number of carbonyl (C=O) groups excluding carboxylic acids is 2. The first-order valence-corrected chi connectivity index (χ1v) is 9.18. The highest BCUT2D eigenvalue weighted by Gasteiger charge is 2.31. The van der Waals surface area contributed by atoms with Crippen LogP contribution in [0.3, 0.4) is 0 Å². The average molecular weight is 366 g/mol. The second kappa shape index (κ2) is 8.59. The van der Waals surface area contributed by atoms with Crippen molar-refractivity contribution < 1.29 is 14.3 Å². The van der Waals surface area contributed by atoms with Crippen LogP contribution in [0.4, 0.5) is 0 Å². The topological polar surface area (TPSA) is 67.7 Å². The number of carbonyl (C=O) groups is 2. The van der Waals surface area contributed by atoms with Gasteiger partial charge >= 0.3 is 0 Å². The van der Waals surface area contributed by atoms with E-state index in [2.05, 4.69) is 14.3 Å². The lowest BCUT2D eigenvalue weighted by atomic mass is 10.1. The SMILES string of the molecule is COCCN(CP)C(=O)c1nn(C)c2c1CCC/C(=C\N(C)C)C2=O. The van der Waals surface area contributed by atoms with Crippen LogP contribution in [0.2, 0.25) is 0 Å². The van der Waals surface area contributed by atoms with Crippen molar-refractivity contribution in [3.05, 3.63) is 28.7 Å². The molecule has 0 bridgehead atoms. The van der Waals surface area contributed by atoms with E-state index >= 15 is 0 Å². The summed E-state index contributed by atoms with van der Waals surface area (Å²) in [4.78, 5) is 29.4. The highest BCUT2D eigenvalue weighted by Crippen LogP contribution is 2.27. The molecule has 2 rings (SSSR count). The third-order valence-electron chi connectivity index (χ3n) is 4.21. The molecule has 25 heavy (non-hydrogen) atoms. The molecule has 1 aliphatic carbocycles. The Morgan fingerprint density at radius 2 is 2.12 bits per heavy atom. The quantitative estimate of drug-likeness (QED) is 0.431. The van der Waals surface area contributed by atoms with E-state index in [4.69, 9.17) is 4.74 Å². The van der Waals surface area contributed by atoms with E-state index in [1.165, 1.54) is 0 Å². The highest BCUT2D eigenvalue weighted by atomic mass is 31.0. The molecule has 1 unspecified atom stereocenters. The van der Waals surface area contributed by atoms with Gasteiger partial charge in [0.05, 0.1) is 6.61 Å². The van der Waals surface area contributed by atoms with Gasteiger partial charge in [-0.2, -0.15) is 5.10 Å². The maximum Gasteiger partial charge on any atom is 0.275 e. The largest absolute Gasteiger partial charge is 0.383 e. The van der Waals surface area contributed by atoms with Crippen LogP contribution >= 0.6 is 9.24 Å². The van der Waals surface area contributed by atoms with Crippen LogP contribution < -0.4 is 0 Å². The van der Waals surface area contributed by atoms with Gasteiger partial charge in [-0.15, -0.1) is 9.24 Å². The molecule has 1 aliphatic rings. The van der Waals surface area contributed by atoms with Gasteiger partial charge in [-0.25, -0.2) is 0 Å². The monoisotopic (exact) mass is 366 g/mol. The second-order valence-electron chi connectivity index (χ2n) is 6.34. The van der Waals surface area contributed by atoms with Crippen molar-refractivity contribution in [1.82, 2.24) is 19.6 Å². The summed E-state index contributed by atoms with van der Waals surface area (Å²) in [5.74, 6) is -0.193. The predicted octanol–water partition coefficient (Wildman–Crippen LogP) is 1.31. The Balaban J connectivity index is 2.41. The number of allylic oxidation sites excluding steroid dienone is 1. The summed E-state index contributed by atoms with van der Waals surface area (Å²) in [6, 6.07) is 0. The van der Waals surface area contributed by atoms with Crippen molar-refractivity contribution in [2.45, 2.75) is 19.3 Å². The minimum absolute atomic E-state index is 0.0374. The van der Waals surface area contributed by atoms with Gasteiger partial charge < -0.3 is 14.5 Å². The molecule has 0 aliphatic heterocycles. The van der Waals surface area contributed by atoms with E-state index < -0.39 is 0 Å². The van der Waals surface area contributed by atoms with E-state index in [-0.39, 0.29) is 11.7 Å². The van der Waals surface area contributed by atoms with E-state index in [0.29, 0.717) is 43.7 Å². The molecule has 0 N–H and O–H groups in total. The van der Waals surface area contributed by atoms with Crippen LogP contribution in [0, 0.1) is 0 Å². The number of hydrogen-bond donors (Lipinski definition) is 0. The Labute approximate surface area is 151 Å². The number of fused-ring (bicyclic) bond motifs is 1. The number of ether oxygens (including phenoxy) is 1. The molecule has 8 heteroatoms. The number of amides is 1. The van der Waals surface area contributed by atoms with Crippen molar-refractivity contribution >= 4 is 20.9 Å². The first kappa shape index (κ1) is 19.6. The van der Waals surface area contributed by atoms with Crippen LogP contribution in [0.15, 0.2) is 11.8 Å². The molecule has 1 aromatic heterocycles. The van der Waals surface area contributed by atoms with Gasteiger partial charge in [0.2, 0.25) is 5.78 Å².